The summed E-state index contributed by atoms with van der Waals surface area (Å²) in [6, 6.07) is 0.283. The lowest BCUT2D eigenvalue weighted by atomic mass is 10.2. The highest BCUT2D eigenvalue weighted by atomic mass is 16.6. The largest absolute Gasteiger partial charge is 0.460 e. The Bertz CT molecular complexity index is 356. The van der Waals surface area contributed by atoms with Gasteiger partial charge in [0.2, 0.25) is 11.8 Å². The highest BCUT2D eigenvalue weighted by molar-refractivity contribution is 5.86. The van der Waals surface area contributed by atoms with Gasteiger partial charge in [0.25, 0.3) is 0 Å². The van der Waals surface area contributed by atoms with Crippen LogP contribution in [0.3, 0.4) is 0 Å². The van der Waals surface area contributed by atoms with Gasteiger partial charge in [-0.1, -0.05) is 0 Å². The van der Waals surface area contributed by atoms with Gasteiger partial charge in [-0.15, -0.1) is 0 Å². The van der Waals surface area contributed by atoms with E-state index in [4.69, 9.17) is 4.74 Å². The monoisotopic (exact) mass is 270 g/mol. The third kappa shape index (κ3) is 8.18. The minimum absolute atomic E-state index is 0.0212. The maximum Gasteiger partial charge on any atom is 0.306 e. The molecule has 0 atom stereocenters. The SMILES string of the molecule is CC(C)(C)OC(=O)CCC(=O)NCC(=O)NC1CC1. The summed E-state index contributed by atoms with van der Waals surface area (Å²) in [7, 11) is 0. The minimum atomic E-state index is -0.544. The molecule has 0 bridgehead atoms. The van der Waals surface area contributed by atoms with Crippen molar-refractivity contribution < 1.29 is 19.1 Å². The molecule has 108 valence electrons. The zero-order valence-corrected chi connectivity index (χ0v) is 11.7. The fraction of sp³-hybridized carbons (Fsp3) is 0.769. The smallest absolute Gasteiger partial charge is 0.306 e. The van der Waals surface area contributed by atoms with Crippen molar-refractivity contribution in [3.05, 3.63) is 0 Å². The van der Waals surface area contributed by atoms with Crippen LogP contribution >= 0.6 is 0 Å². The first-order chi connectivity index (χ1) is 8.76. The predicted octanol–water partition coefficient (Wildman–Crippen LogP) is 0.503. The Kier molecular flexibility index (Phi) is 5.32. The maximum absolute atomic E-state index is 11.4. The van der Waals surface area contributed by atoms with E-state index in [1.54, 1.807) is 20.8 Å². The third-order valence-electron chi connectivity index (χ3n) is 2.36. The summed E-state index contributed by atoms with van der Waals surface area (Å²) in [6.45, 7) is 5.28. The molecule has 1 rings (SSSR count). The first-order valence-corrected chi connectivity index (χ1v) is 6.54. The van der Waals surface area contributed by atoms with Gasteiger partial charge in [-0.05, 0) is 33.6 Å². The molecule has 0 aromatic carbocycles. The van der Waals surface area contributed by atoms with Crippen molar-refractivity contribution in [3.8, 4) is 0 Å². The van der Waals surface area contributed by atoms with Crippen molar-refractivity contribution in [2.24, 2.45) is 0 Å². The highest BCUT2D eigenvalue weighted by Gasteiger charge is 2.23. The molecule has 0 aliphatic heterocycles. The summed E-state index contributed by atoms with van der Waals surface area (Å²) in [4.78, 5) is 34.1. The minimum Gasteiger partial charge on any atom is -0.460 e. The second-order valence-corrected chi connectivity index (χ2v) is 5.70. The number of hydrogen-bond donors (Lipinski definition) is 2. The van der Waals surface area contributed by atoms with E-state index in [1.165, 1.54) is 0 Å². The Balaban J connectivity index is 2.09. The summed E-state index contributed by atoms with van der Waals surface area (Å²) < 4.78 is 5.08. The molecule has 0 aromatic rings. The zero-order valence-electron chi connectivity index (χ0n) is 11.7. The highest BCUT2D eigenvalue weighted by Crippen LogP contribution is 2.18. The number of hydrogen-bond acceptors (Lipinski definition) is 4. The van der Waals surface area contributed by atoms with Gasteiger partial charge in [0.15, 0.2) is 0 Å². The Morgan fingerprint density at radius 2 is 1.74 bits per heavy atom. The van der Waals surface area contributed by atoms with Gasteiger partial charge in [-0.25, -0.2) is 0 Å². The third-order valence-corrected chi connectivity index (χ3v) is 2.36. The van der Waals surface area contributed by atoms with Gasteiger partial charge in [0.1, 0.15) is 5.60 Å². The van der Waals surface area contributed by atoms with E-state index in [-0.39, 0.29) is 37.2 Å². The summed E-state index contributed by atoms with van der Waals surface area (Å²) in [6.07, 6.45) is 2.08. The molecule has 1 fully saturated rings. The summed E-state index contributed by atoms with van der Waals surface area (Å²) in [5.41, 5.74) is -0.544. The number of carbonyl (C=O) groups excluding carboxylic acids is 3. The van der Waals surface area contributed by atoms with E-state index in [2.05, 4.69) is 10.6 Å². The van der Waals surface area contributed by atoms with E-state index in [9.17, 15) is 14.4 Å². The van der Waals surface area contributed by atoms with Crippen LogP contribution < -0.4 is 10.6 Å². The van der Waals surface area contributed by atoms with E-state index < -0.39 is 11.6 Å². The molecular weight excluding hydrogens is 248 g/mol. The van der Waals surface area contributed by atoms with E-state index in [0.717, 1.165) is 12.8 Å². The Hall–Kier alpha value is -1.59. The number of ether oxygens (including phenoxy) is 1. The van der Waals surface area contributed by atoms with Crippen molar-refractivity contribution >= 4 is 17.8 Å². The molecule has 6 nitrogen and oxygen atoms in total. The lowest BCUT2D eigenvalue weighted by Crippen LogP contribution is -2.38. The number of carbonyl (C=O) groups is 3. The van der Waals surface area contributed by atoms with Gasteiger partial charge >= 0.3 is 5.97 Å². The fourth-order valence-electron chi connectivity index (χ4n) is 1.38. The summed E-state index contributed by atoms with van der Waals surface area (Å²) in [5.74, 6) is -0.921. The van der Waals surface area contributed by atoms with Gasteiger partial charge in [0.05, 0.1) is 13.0 Å². The normalized spacial score (nSPS) is 14.7. The molecule has 0 spiro atoms. The molecule has 0 unspecified atom stereocenters. The second-order valence-electron chi connectivity index (χ2n) is 5.70. The Labute approximate surface area is 113 Å². The number of nitrogens with one attached hydrogen (secondary N) is 2. The lowest BCUT2D eigenvalue weighted by molar-refractivity contribution is -0.155. The van der Waals surface area contributed by atoms with Crippen molar-refractivity contribution in [2.75, 3.05) is 6.54 Å². The first-order valence-electron chi connectivity index (χ1n) is 6.54. The molecule has 2 amide bonds. The molecule has 6 heteroatoms. The van der Waals surface area contributed by atoms with Crippen molar-refractivity contribution in [1.29, 1.82) is 0 Å². The van der Waals surface area contributed by atoms with Crippen LogP contribution in [0.4, 0.5) is 0 Å². The standard InChI is InChI=1S/C13H22N2O4/c1-13(2,3)19-12(18)7-6-10(16)14-8-11(17)15-9-4-5-9/h9H,4-8H2,1-3H3,(H,14,16)(H,15,17). The van der Waals surface area contributed by atoms with E-state index in [1.807, 2.05) is 0 Å². The molecule has 0 heterocycles. The number of amides is 2. The van der Waals surface area contributed by atoms with Crippen LogP contribution in [-0.2, 0) is 19.1 Å². The van der Waals surface area contributed by atoms with Crippen LogP contribution in [0.1, 0.15) is 46.5 Å². The van der Waals surface area contributed by atoms with Gasteiger partial charge in [-0.3, -0.25) is 14.4 Å². The Morgan fingerprint density at radius 1 is 1.11 bits per heavy atom. The van der Waals surface area contributed by atoms with Crippen LogP contribution in [0.15, 0.2) is 0 Å². The quantitative estimate of drug-likeness (QED) is 0.688. The zero-order chi connectivity index (χ0) is 14.5. The molecule has 0 radical (unpaired) electrons. The first kappa shape index (κ1) is 15.5. The van der Waals surface area contributed by atoms with Crippen LogP contribution in [-0.4, -0.2) is 36.0 Å². The molecule has 0 saturated heterocycles. The molecule has 1 aliphatic carbocycles. The molecule has 1 saturated carbocycles. The van der Waals surface area contributed by atoms with Crippen molar-refractivity contribution in [1.82, 2.24) is 10.6 Å². The summed E-state index contributed by atoms with van der Waals surface area (Å²) >= 11 is 0. The lowest BCUT2D eigenvalue weighted by Gasteiger charge is -2.19. The molecule has 19 heavy (non-hydrogen) atoms. The molecule has 0 aromatic heterocycles. The maximum atomic E-state index is 11.4. The van der Waals surface area contributed by atoms with E-state index in [0.29, 0.717) is 0 Å². The van der Waals surface area contributed by atoms with Gasteiger partial charge < -0.3 is 15.4 Å². The van der Waals surface area contributed by atoms with Gasteiger partial charge in [0, 0.05) is 12.5 Å². The second kappa shape index (κ2) is 6.54. The predicted molar refractivity (Wildman–Crippen MR) is 69.3 cm³/mol. The van der Waals surface area contributed by atoms with Crippen LogP contribution in [0, 0.1) is 0 Å². The van der Waals surface area contributed by atoms with Crippen molar-refractivity contribution in [2.45, 2.75) is 58.1 Å². The average molecular weight is 270 g/mol. The summed E-state index contributed by atoms with van der Waals surface area (Å²) in [5, 5.41) is 5.23. The van der Waals surface area contributed by atoms with Crippen LogP contribution in [0.2, 0.25) is 0 Å². The number of rotatable bonds is 6. The number of esters is 1. The van der Waals surface area contributed by atoms with Gasteiger partial charge in [-0.2, -0.15) is 0 Å². The van der Waals surface area contributed by atoms with Crippen molar-refractivity contribution in [3.63, 3.8) is 0 Å². The Morgan fingerprint density at radius 3 is 2.26 bits per heavy atom. The molecular formula is C13H22N2O4. The van der Waals surface area contributed by atoms with Crippen LogP contribution in [0.5, 0.6) is 0 Å². The van der Waals surface area contributed by atoms with E-state index >= 15 is 0 Å². The molecule has 2 N–H and O–H groups in total. The topological polar surface area (TPSA) is 84.5 Å². The fourth-order valence-corrected chi connectivity index (χ4v) is 1.38. The van der Waals surface area contributed by atoms with Crippen LogP contribution in [0.25, 0.3) is 0 Å². The average Bonchev–Trinajstić information content (AvgIpc) is 3.05. The molecule has 1 aliphatic rings.